The maximum Gasteiger partial charge on any atom is 0.159 e. The molecule has 0 aliphatic rings. The van der Waals surface area contributed by atoms with E-state index in [2.05, 4.69) is 48.1 Å². The Balaban J connectivity index is 1.50. The maximum absolute atomic E-state index is 5.86. The monoisotopic (exact) mass is 466 g/mol. The Morgan fingerprint density at radius 3 is 1.56 bits per heavy atom. The number of rotatable bonds is 21. The topological polar surface area (TPSA) is 35.0 Å². The summed E-state index contributed by atoms with van der Waals surface area (Å²) in [6, 6.07) is 8.70. The van der Waals surface area contributed by atoms with Crippen LogP contribution in [0, 0.1) is 0 Å². The van der Waals surface area contributed by atoms with Gasteiger partial charge in [-0.15, -0.1) is 0 Å². The van der Waals surface area contributed by atoms with Crippen LogP contribution in [0.2, 0.25) is 0 Å². The van der Waals surface area contributed by atoms with Gasteiger partial charge in [-0.25, -0.2) is 9.97 Å². The molecule has 1 aromatic heterocycles. The molecule has 0 radical (unpaired) electrons. The minimum absolute atomic E-state index is 0.757. The molecule has 1 aromatic carbocycles. The molecule has 0 bridgehead atoms. The van der Waals surface area contributed by atoms with Crippen molar-refractivity contribution in [2.24, 2.45) is 0 Å². The fourth-order valence-electron chi connectivity index (χ4n) is 4.43. The number of unbranched alkanes of at least 4 members (excludes halogenated alkanes) is 15. The van der Waals surface area contributed by atoms with Gasteiger partial charge in [0.2, 0.25) is 0 Å². The highest BCUT2D eigenvalue weighted by molar-refractivity contribution is 5.55. The number of hydrogen-bond donors (Lipinski definition) is 0. The number of nitrogens with zero attached hydrogens (tertiary/aromatic N) is 2. The molecule has 0 saturated heterocycles. The normalized spacial score (nSPS) is 11.1. The Morgan fingerprint density at radius 1 is 0.559 bits per heavy atom. The van der Waals surface area contributed by atoms with E-state index in [0.29, 0.717) is 0 Å². The fraction of sp³-hybridized carbons (Fsp3) is 0.677. The van der Waals surface area contributed by atoms with Crippen molar-refractivity contribution in [3.05, 3.63) is 42.2 Å². The summed E-state index contributed by atoms with van der Waals surface area (Å²) in [7, 11) is 0. The molecular weight excluding hydrogens is 416 g/mol. The van der Waals surface area contributed by atoms with E-state index >= 15 is 0 Å². The van der Waals surface area contributed by atoms with E-state index in [1.165, 1.54) is 108 Å². The van der Waals surface area contributed by atoms with Crippen molar-refractivity contribution in [3.8, 4) is 17.1 Å². The summed E-state index contributed by atoms with van der Waals surface area (Å²) in [6.07, 6.45) is 27.8. The Morgan fingerprint density at radius 2 is 1.03 bits per heavy atom. The van der Waals surface area contributed by atoms with Crippen molar-refractivity contribution >= 4 is 0 Å². The van der Waals surface area contributed by atoms with Gasteiger partial charge in [0.05, 0.1) is 19.0 Å². The van der Waals surface area contributed by atoms with Crippen LogP contribution in [0.1, 0.15) is 129 Å². The molecule has 34 heavy (non-hydrogen) atoms. The Kier molecular flexibility index (Phi) is 16.2. The number of aromatic nitrogens is 2. The molecule has 0 amide bonds. The first-order chi connectivity index (χ1) is 16.8. The van der Waals surface area contributed by atoms with Crippen LogP contribution in [0.25, 0.3) is 11.4 Å². The van der Waals surface area contributed by atoms with Gasteiger partial charge in [0.25, 0.3) is 0 Å². The molecule has 0 N–H and O–H groups in total. The van der Waals surface area contributed by atoms with Crippen LogP contribution in [0.3, 0.4) is 0 Å². The Bertz CT molecular complexity index is 711. The molecular formula is C31H50N2O. The summed E-state index contributed by atoms with van der Waals surface area (Å²) < 4.78 is 5.86. The highest BCUT2D eigenvalue weighted by Gasteiger charge is 2.03. The fourth-order valence-corrected chi connectivity index (χ4v) is 4.43. The second-order valence-corrected chi connectivity index (χ2v) is 9.84. The SMILES string of the molecule is CCCCCCCCCCCCCCCOc1cnc(-c2ccc(CCCCCC)cc2)nc1. The Labute approximate surface area is 210 Å². The van der Waals surface area contributed by atoms with E-state index in [1.54, 1.807) is 0 Å². The van der Waals surface area contributed by atoms with Crippen LogP contribution in [-0.4, -0.2) is 16.6 Å². The van der Waals surface area contributed by atoms with Gasteiger partial charge in [-0.3, -0.25) is 0 Å². The lowest BCUT2D eigenvalue weighted by molar-refractivity contribution is 0.302. The summed E-state index contributed by atoms with van der Waals surface area (Å²) in [5.41, 5.74) is 2.47. The van der Waals surface area contributed by atoms with Gasteiger partial charge in [-0.05, 0) is 24.8 Å². The van der Waals surface area contributed by atoms with Crippen molar-refractivity contribution in [1.82, 2.24) is 9.97 Å². The number of ether oxygens (including phenoxy) is 1. The molecule has 0 spiro atoms. The molecule has 3 heteroatoms. The minimum Gasteiger partial charge on any atom is -0.490 e. The summed E-state index contributed by atoms with van der Waals surface area (Å²) in [5, 5.41) is 0. The van der Waals surface area contributed by atoms with Crippen molar-refractivity contribution in [1.29, 1.82) is 0 Å². The highest BCUT2D eigenvalue weighted by atomic mass is 16.5. The van der Waals surface area contributed by atoms with Crippen molar-refractivity contribution in [2.45, 2.75) is 129 Å². The number of aryl methyl sites for hydroxylation is 1. The number of benzene rings is 1. The van der Waals surface area contributed by atoms with Gasteiger partial charge in [-0.1, -0.05) is 134 Å². The molecule has 0 unspecified atom stereocenters. The molecule has 1 heterocycles. The third-order valence-electron chi connectivity index (χ3n) is 6.68. The Hall–Kier alpha value is -1.90. The lowest BCUT2D eigenvalue weighted by Crippen LogP contribution is -1.99. The molecule has 0 aliphatic carbocycles. The van der Waals surface area contributed by atoms with Gasteiger partial charge >= 0.3 is 0 Å². The van der Waals surface area contributed by atoms with Gasteiger partial charge < -0.3 is 4.74 Å². The van der Waals surface area contributed by atoms with Crippen molar-refractivity contribution in [3.63, 3.8) is 0 Å². The van der Waals surface area contributed by atoms with E-state index in [0.717, 1.165) is 36.6 Å². The third kappa shape index (κ3) is 13.1. The summed E-state index contributed by atoms with van der Waals surface area (Å²) in [6.45, 7) is 5.30. The smallest absolute Gasteiger partial charge is 0.159 e. The first kappa shape index (κ1) is 28.3. The zero-order valence-electron chi connectivity index (χ0n) is 22.2. The van der Waals surface area contributed by atoms with Crippen LogP contribution in [-0.2, 0) is 6.42 Å². The summed E-state index contributed by atoms with van der Waals surface area (Å²) in [4.78, 5) is 9.03. The van der Waals surface area contributed by atoms with Gasteiger partial charge in [0.1, 0.15) is 0 Å². The zero-order valence-corrected chi connectivity index (χ0v) is 22.2. The highest BCUT2D eigenvalue weighted by Crippen LogP contribution is 2.19. The summed E-state index contributed by atoms with van der Waals surface area (Å²) >= 11 is 0. The van der Waals surface area contributed by atoms with E-state index in [4.69, 9.17) is 4.74 Å². The standard InChI is InChI=1S/C31H50N2O/c1-3-5-7-9-10-11-12-13-14-15-16-17-19-25-34-30-26-32-31(33-27-30)29-23-21-28(22-24-29)20-18-8-6-4-2/h21-24,26-27H,3-20,25H2,1-2H3. The summed E-state index contributed by atoms with van der Waals surface area (Å²) in [5.74, 6) is 1.54. The van der Waals surface area contributed by atoms with E-state index < -0.39 is 0 Å². The van der Waals surface area contributed by atoms with Crippen LogP contribution < -0.4 is 4.74 Å². The van der Waals surface area contributed by atoms with Crippen LogP contribution >= 0.6 is 0 Å². The van der Waals surface area contributed by atoms with Gasteiger partial charge in [0, 0.05) is 5.56 Å². The van der Waals surface area contributed by atoms with Gasteiger partial charge in [0.15, 0.2) is 11.6 Å². The predicted molar refractivity (Wildman–Crippen MR) is 147 cm³/mol. The average Bonchev–Trinajstić information content (AvgIpc) is 2.87. The molecule has 3 nitrogen and oxygen atoms in total. The van der Waals surface area contributed by atoms with E-state index in [-0.39, 0.29) is 0 Å². The van der Waals surface area contributed by atoms with Gasteiger partial charge in [-0.2, -0.15) is 0 Å². The van der Waals surface area contributed by atoms with Crippen LogP contribution in [0.4, 0.5) is 0 Å². The molecule has 0 aliphatic heterocycles. The molecule has 0 atom stereocenters. The quantitative estimate of drug-likeness (QED) is 0.172. The van der Waals surface area contributed by atoms with Crippen molar-refractivity contribution in [2.75, 3.05) is 6.61 Å². The predicted octanol–water partition coefficient (Wildman–Crippen LogP) is 9.74. The third-order valence-corrected chi connectivity index (χ3v) is 6.68. The molecule has 2 aromatic rings. The van der Waals surface area contributed by atoms with Crippen molar-refractivity contribution < 1.29 is 4.74 Å². The van der Waals surface area contributed by atoms with Crippen LogP contribution in [0.5, 0.6) is 5.75 Å². The van der Waals surface area contributed by atoms with E-state index in [1.807, 2.05) is 12.4 Å². The minimum atomic E-state index is 0.757. The van der Waals surface area contributed by atoms with Crippen LogP contribution in [0.15, 0.2) is 36.7 Å². The van der Waals surface area contributed by atoms with E-state index in [9.17, 15) is 0 Å². The first-order valence-electron chi connectivity index (χ1n) is 14.4. The number of hydrogen-bond acceptors (Lipinski definition) is 3. The molecule has 190 valence electrons. The lowest BCUT2D eigenvalue weighted by Gasteiger charge is -2.07. The molecule has 0 saturated carbocycles. The average molecular weight is 467 g/mol. The maximum atomic E-state index is 5.86. The second kappa shape index (κ2) is 19.4. The first-order valence-corrected chi connectivity index (χ1v) is 14.4. The molecule has 2 rings (SSSR count). The molecule has 0 fully saturated rings. The zero-order chi connectivity index (χ0) is 24.1. The largest absolute Gasteiger partial charge is 0.490 e. The lowest BCUT2D eigenvalue weighted by atomic mass is 10.0. The second-order valence-electron chi connectivity index (χ2n) is 9.84.